The van der Waals surface area contributed by atoms with Gasteiger partial charge in [0.15, 0.2) is 11.5 Å². The van der Waals surface area contributed by atoms with Gasteiger partial charge in [-0.25, -0.2) is 9.37 Å². The molecule has 0 radical (unpaired) electrons. The Labute approximate surface area is 191 Å². The van der Waals surface area contributed by atoms with Gasteiger partial charge in [-0.1, -0.05) is 0 Å². The third kappa shape index (κ3) is 4.02. The molecule has 3 aromatic heterocycles. The van der Waals surface area contributed by atoms with E-state index in [1.165, 1.54) is 6.07 Å². The highest BCUT2D eigenvalue weighted by atomic mass is 19.1. The van der Waals surface area contributed by atoms with E-state index in [1.807, 2.05) is 31.2 Å². The number of anilines is 2. The molecule has 0 saturated carbocycles. The van der Waals surface area contributed by atoms with E-state index >= 15 is 0 Å². The molecule has 0 bridgehead atoms. The summed E-state index contributed by atoms with van der Waals surface area (Å²) in [7, 11) is 0. The number of pyridine rings is 2. The highest BCUT2D eigenvalue weighted by Crippen LogP contribution is 2.31. The van der Waals surface area contributed by atoms with Crippen LogP contribution in [0, 0.1) is 19.7 Å². The molecular weight excluding hydrogens is 419 g/mol. The third-order valence-corrected chi connectivity index (χ3v) is 6.00. The number of piperazine rings is 1. The number of imidazole rings is 1. The quantitative estimate of drug-likeness (QED) is 0.496. The Morgan fingerprint density at radius 1 is 1.06 bits per heavy atom. The van der Waals surface area contributed by atoms with Gasteiger partial charge in [0, 0.05) is 60.4 Å². The Morgan fingerprint density at radius 2 is 1.82 bits per heavy atom. The molecule has 8 heteroatoms. The van der Waals surface area contributed by atoms with Gasteiger partial charge in [-0.2, -0.15) is 0 Å². The van der Waals surface area contributed by atoms with Crippen LogP contribution in [0.4, 0.5) is 15.8 Å². The Balaban J connectivity index is 1.53. The molecule has 2 N–H and O–H groups in total. The van der Waals surface area contributed by atoms with Crippen LogP contribution in [0.2, 0.25) is 0 Å². The number of aromatic nitrogens is 3. The second-order valence-electron chi connectivity index (χ2n) is 9.00. The molecule has 1 aliphatic rings. The number of carbonyl (C=O) groups is 1. The van der Waals surface area contributed by atoms with Crippen LogP contribution >= 0.6 is 0 Å². The molecule has 2 atom stereocenters. The molecule has 4 aromatic rings. The van der Waals surface area contributed by atoms with Crippen LogP contribution in [-0.4, -0.2) is 45.4 Å². The van der Waals surface area contributed by atoms with Gasteiger partial charge in [0.25, 0.3) is 5.91 Å². The first-order valence-corrected chi connectivity index (χ1v) is 11.2. The second kappa shape index (κ2) is 8.12. The summed E-state index contributed by atoms with van der Waals surface area (Å²) >= 11 is 0. The first-order chi connectivity index (χ1) is 15.8. The van der Waals surface area contributed by atoms with Gasteiger partial charge in [-0.15, -0.1) is 0 Å². The topological polar surface area (TPSA) is 74.6 Å². The van der Waals surface area contributed by atoms with Crippen LogP contribution in [0.5, 0.6) is 0 Å². The lowest BCUT2D eigenvalue weighted by atomic mass is 10.0. The van der Waals surface area contributed by atoms with E-state index in [2.05, 4.69) is 34.4 Å². The minimum atomic E-state index is -0.489. The number of nitrogens with zero attached hydrogens (tertiary/aromatic N) is 4. The molecular formula is C25H27FN6O. The van der Waals surface area contributed by atoms with Crippen molar-refractivity contribution in [3.8, 4) is 0 Å². The molecule has 5 rings (SSSR count). The zero-order chi connectivity index (χ0) is 23.3. The summed E-state index contributed by atoms with van der Waals surface area (Å²) < 4.78 is 16.1. The van der Waals surface area contributed by atoms with Crippen LogP contribution < -0.4 is 15.5 Å². The maximum atomic E-state index is 14.5. The molecule has 1 aliphatic heterocycles. The van der Waals surface area contributed by atoms with Crippen molar-refractivity contribution in [2.24, 2.45) is 0 Å². The van der Waals surface area contributed by atoms with E-state index in [9.17, 15) is 9.18 Å². The number of amides is 1. The van der Waals surface area contributed by atoms with Crippen LogP contribution in [0.15, 0.2) is 42.7 Å². The minimum Gasteiger partial charge on any atom is -0.368 e. The van der Waals surface area contributed by atoms with E-state index in [1.54, 1.807) is 23.7 Å². The summed E-state index contributed by atoms with van der Waals surface area (Å²) in [5, 5.41) is 7.32. The van der Waals surface area contributed by atoms with Gasteiger partial charge in [-0.05, 0) is 52.0 Å². The molecule has 2 unspecified atom stereocenters. The first-order valence-electron chi connectivity index (χ1n) is 11.2. The third-order valence-electron chi connectivity index (χ3n) is 6.00. The summed E-state index contributed by atoms with van der Waals surface area (Å²) in [6.45, 7) is 9.81. The van der Waals surface area contributed by atoms with E-state index < -0.39 is 5.82 Å². The number of carbonyl (C=O) groups excluding carboxylic acids is 1. The van der Waals surface area contributed by atoms with Crippen LogP contribution in [0.1, 0.15) is 35.6 Å². The lowest BCUT2D eigenvalue weighted by molar-refractivity contribution is 0.102. The van der Waals surface area contributed by atoms with Crippen molar-refractivity contribution in [1.82, 2.24) is 19.7 Å². The molecule has 7 nitrogen and oxygen atoms in total. The molecule has 1 aromatic carbocycles. The van der Waals surface area contributed by atoms with Gasteiger partial charge in [-0.3, -0.25) is 9.78 Å². The molecule has 1 amide bonds. The average Bonchev–Trinajstić information content (AvgIpc) is 3.12. The lowest BCUT2D eigenvalue weighted by Gasteiger charge is -2.38. The smallest absolute Gasteiger partial charge is 0.257 e. The lowest BCUT2D eigenvalue weighted by Crippen LogP contribution is -2.54. The zero-order valence-corrected chi connectivity index (χ0v) is 19.2. The summed E-state index contributed by atoms with van der Waals surface area (Å²) in [6.07, 6.45) is 3.38. The van der Waals surface area contributed by atoms with E-state index in [0.29, 0.717) is 34.5 Å². The number of rotatable bonds is 3. The average molecular weight is 447 g/mol. The van der Waals surface area contributed by atoms with E-state index in [0.717, 1.165) is 29.9 Å². The number of nitrogens with one attached hydrogen (secondary N) is 2. The fourth-order valence-corrected chi connectivity index (χ4v) is 4.73. The number of benzene rings is 1. The number of hydrogen-bond donors (Lipinski definition) is 2. The summed E-state index contributed by atoms with van der Waals surface area (Å²) in [4.78, 5) is 24.5. The Kier molecular flexibility index (Phi) is 5.25. The molecule has 1 saturated heterocycles. The Bertz CT molecular complexity index is 1370. The summed E-state index contributed by atoms with van der Waals surface area (Å²) in [6, 6.07) is 9.81. The highest BCUT2D eigenvalue weighted by Gasteiger charge is 2.24. The molecule has 4 heterocycles. The standard InChI is InChI=1S/C25H27FN6O/c1-14-5-6-19-22(31-10-15(2)27-16(3)11-31)8-7-20(23(19)28-14)25(33)30-18-9-21(26)24-29-17(4)12-32(24)13-18/h5-9,12-13,15-16,27H,10-11H2,1-4H3,(H,30,33). The van der Waals surface area contributed by atoms with Gasteiger partial charge in [0.2, 0.25) is 0 Å². The largest absolute Gasteiger partial charge is 0.368 e. The fourth-order valence-electron chi connectivity index (χ4n) is 4.73. The van der Waals surface area contributed by atoms with Crippen molar-refractivity contribution in [2.75, 3.05) is 23.3 Å². The first kappa shape index (κ1) is 21.3. The van der Waals surface area contributed by atoms with Crippen LogP contribution in [0.25, 0.3) is 16.6 Å². The molecule has 0 aliphatic carbocycles. The normalized spacial score (nSPS) is 18.8. The highest BCUT2D eigenvalue weighted by molar-refractivity contribution is 6.14. The number of aryl methyl sites for hydroxylation is 2. The van der Waals surface area contributed by atoms with Gasteiger partial charge in [0.1, 0.15) is 0 Å². The van der Waals surface area contributed by atoms with Crippen molar-refractivity contribution >= 4 is 33.8 Å². The molecule has 0 spiro atoms. The van der Waals surface area contributed by atoms with Gasteiger partial charge < -0.3 is 19.9 Å². The van der Waals surface area contributed by atoms with Crippen molar-refractivity contribution < 1.29 is 9.18 Å². The Morgan fingerprint density at radius 3 is 2.58 bits per heavy atom. The predicted octanol–water partition coefficient (Wildman–Crippen LogP) is 4.08. The predicted molar refractivity (Wildman–Crippen MR) is 129 cm³/mol. The summed E-state index contributed by atoms with van der Waals surface area (Å²) in [5.74, 6) is -0.820. The summed E-state index contributed by atoms with van der Waals surface area (Å²) in [5.41, 5.74) is 4.29. The maximum Gasteiger partial charge on any atom is 0.257 e. The minimum absolute atomic E-state index is 0.233. The number of hydrogen-bond acceptors (Lipinski definition) is 5. The van der Waals surface area contributed by atoms with Crippen molar-refractivity contribution in [2.45, 2.75) is 39.8 Å². The van der Waals surface area contributed by atoms with Gasteiger partial charge >= 0.3 is 0 Å². The zero-order valence-electron chi connectivity index (χ0n) is 19.2. The van der Waals surface area contributed by atoms with Crippen molar-refractivity contribution in [1.29, 1.82) is 0 Å². The Hall–Kier alpha value is -3.52. The van der Waals surface area contributed by atoms with Crippen molar-refractivity contribution in [3.05, 3.63) is 65.5 Å². The van der Waals surface area contributed by atoms with Gasteiger partial charge in [0.05, 0.1) is 22.5 Å². The van der Waals surface area contributed by atoms with Crippen LogP contribution in [-0.2, 0) is 0 Å². The number of fused-ring (bicyclic) bond motifs is 2. The van der Waals surface area contributed by atoms with Crippen LogP contribution in [0.3, 0.4) is 0 Å². The molecule has 33 heavy (non-hydrogen) atoms. The SMILES string of the molecule is Cc1ccc2c(N3CC(C)NC(C)C3)ccc(C(=O)Nc3cc(F)c4nc(C)cn4c3)c2n1. The monoisotopic (exact) mass is 446 g/mol. The molecule has 1 fully saturated rings. The fraction of sp³-hybridized carbons (Fsp3) is 0.320. The van der Waals surface area contributed by atoms with E-state index in [4.69, 9.17) is 4.98 Å². The van der Waals surface area contributed by atoms with Crippen molar-refractivity contribution in [3.63, 3.8) is 0 Å². The second-order valence-corrected chi connectivity index (χ2v) is 9.00. The number of halogens is 1. The maximum absolute atomic E-state index is 14.5. The van der Waals surface area contributed by atoms with E-state index in [-0.39, 0.29) is 11.6 Å². The molecule has 170 valence electrons.